The molecule has 0 aliphatic carbocycles. The maximum absolute atomic E-state index is 14.0. The minimum absolute atomic E-state index is 0.212. The summed E-state index contributed by atoms with van der Waals surface area (Å²) in [6, 6.07) is 25.1. The molecule has 1 saturated heterocycles. The van der Waals surface area contributed by atoms with Gasteiger partial charge in [-0.3, -0.25) is 4.98 Å². The van der Waals surface area contributed by atoms with E-state index in [2.05, 4.69) is 71.3 Å². The predicted octanol–water partition coefficient (Wildman–Crippen LogP) is 6.41. The fraction of sp³-hybridized carbons (Fsp3) is 0.276. The minimum atomic E-state index is -0.212. The maximum atomic E-state index is 14.0. The molecule has 0 spiro atoms. The summed E-state index contributed by atoms with van der Waals surface area (Å²) in [6.07, 6.45) is 3.30. The van der Waals surface area contributed by atoms with Gasteiger partial charge in [-0.2, -0.15) is 0 Å². The second kappa shape index (κ2) is 8.18. The summed E-state index contributed by atoms with van der Waals surface area (Å²) >= 11 is 0. The monoisotopic (exact) mass is 437 g/mol. The summed E-state index contributed by atoms with van der Waals surface area (Å²) in [4.78, 5) is 10.1. The van der Waals surface area contributed by atoms with Crippen LogP contribution in [-0.4, -0.2) is 17.6 Å². The van der Waals surface area contributed by atoms with Gasteiger partial charge in [0.1, 0.15) is 5.82 Å². The molecule has 1 aromatic heterocycles. The SMILES string of the molecule is Cc1ccc(CN2Cc3cc4cc(F)ccc4nc3CC3CCCN3c3ccccc32)cc1. The quantitative estimate of drug-likeness (QED) is 0.361. The fourth-order valence-electron chi connectivity index (χ4n) is 5.45. The Hall–Kier alpha value is -3.40. The van der Waals surface area contributed by atoms with Gasteiger partial charge in [-0.15, -0.1) is 0 Å². The van der Waals surface area contributed by atoms with Crippen molar-refractivity contribution in [2.45, 2.75) is 45.3 Å². The molecule has 1 atom stereocenters. The Balaban J connectivity index is 1.51. The van der Waals surface area contributed by atoms with Gasteiger partial charge in [0.2, 0.25) is 0 Å². The molecule has 2 aliphatic heterocycles. The summed E-state index contributed by atoms with van der Waals surface area (Å²) in [5.74, 6) is -0.212. The number of aryl methyl sites for hydroxylation is 1. The van der Waals surface area contributed by atoms with Gasteiger partial charge in [0, 0.05) is 43.2 Å². The van der Waals surface area contributed by atoms with Gasteiger partial charge in [0.15, 0.2) is 0 Å². The van der Waals surface area contributed by atoms with E-state index < -0.39 is 0 Å². The second-order valence-corrected chi connectivity index (χ2v) is 9.46. The van der Waals surface area contributed by atoms with Crippen LogP contribution in [0.5, 0.6) is 0 Å². The lowest BCUT2D eigenvalue weighted by molar-refractivity contribution is 0.629. The van der Waals surface area contributed by atoms with Crippen molar-refractivity contribution in [2.75, 3.05) is 16.3 Å². The third-order valence-corrected chi connectivity index (χ3v) is 7.14. The van der Waals surface area contributed by atoms with Crippen LogP contribution in [0.1, 0.15) is 35.2 Å². The Morgan fingerprint density at radius 1 is 0.970 bits per heavy atom. The van der Waals surface area contributed by atoms with Crippen molar-refractivity contribution in [1.82, 2.24) is 4.98 Å². The number of fused-ring (bicyclic) bond motifs is 5. The van der Waals surface area contributed by atoms with Crippen LogP contribution in [0, 0.1) is 12.7 Å². The van der Waals surface area contributed by atoms with Crippen LogP contribution in [0.25, 0.3) is 10.9 Å². The maximum Gasteiger partial charge on any atom is 0.123 e. The first-order valence-corrected chi connectivity index (χ1v) is 11.9. The first-order valence-electron chi connectivity index (χ1n) is 11.9. The normalized spacial score (nSPS) is 17.7. The molecule has 0 saturated carbocycles. The van der Waals surface area contributed by atoms with Gasteiger partial charge >= 0.3 is 0 Å². The number of nitrogens with zero attached hydrogens (tertiary/aromatic N) is 3. The van der Waals surface area contributed by atoms with E-state index in [4.69, 9.17) is 4.98 Å². The van der Waals surface area contributed by atoms with E-state index in [-0.39, 0.29) is 5.82 Å². The molecule has 0 N–H and O–H groups in total. The number of aromatic nitrogens is 1. The standard InChI is InChI=1S/C29H28FN3/c1-20-8-10-21(11-9-20)18-32-19-23-15-22-16-24(30)12-13-26(22)31-27(23)17-25-5-4-14-33(25)29-7-3-2-6-28(29)32/h2-3,6-13,15-16,25H,4-5,14,17-19H2,1H3. The Morgan fingerprint density at radius 2 is 1.79 bits per heavy atom. The average Bonchev–Trinajstić information content (AvgIpc) is 3.29. The fourth-order valence-corrected chi connectivity index (χ4v) is 5.45. The first kappa shape index (κ1) is 20.2. The predicted molar refractivity (Wildman–Crippen MR) is 133 cm³/mol. The number of rotatable bonds is 2. The third kappa shape index (κ3) is 3.84. The number of para-hydroxylation sites is 2. The Bertz CT molecular complexity index is 1310. The smallest absolute Gasteiger partial charge is 0.123 e. The molecular weight excluding hydrogens is 409 g/mol. The number of halogens is 1. The summed E-state index contributed by atoms with van der Waals surface area (Å²) in [5.41, 5.74) is 8.35. The molecule has 0 radical (unpaired) electrons. The molecule has 1 fully saturated rings. The van der Waals surface area contributed by atoms with Crippen LogP contribution in [0.4, 0.5) is 15.8 Å². The van der Waals surface area contributed by atoms with Crippen molar-refractivity contribution in [3.63, 3.8) is 0 Å². The van der Waals surface area contributed by atoms with Gasteiger partial charge in [-0.05, 0) is 67.3 Å². The van der Waals surface area contributed by atoms with E-state index in [1.807, 2.05) is 6.07 Å². The van der Waals surface area contributed by atoms with Gasteiger partial charge < -0.3 is 9.80 Å². The zero-order valence-electron chi connectivity index (χ0n) is 19.0. The summed E-state index contributed by atoms with van der Waals surface area (Å²) < 4.78 is 14.0. The van der Waals surface area contributed by atoms with Crippen LogP contribution < -0.4 is 9.80 Å². The lowest BCUT2D eigenvalue weighted by Gasteiger charge is -2.32. The second-order valence-electron chi connectivity index (χ2n) is 9.46. The number of anilines is 2. The van der Waals surface area contributed by atoms with E-state index >= 15 is 0 Å². The summed E-state index contributed by atoms with van der Waals surface area (Å²) in [5, 5.41) is 0.875. The van der Waals surface area contributed by atoms with Crippen molar-refractivity contribution in [3.05, 3.63) is 101 Å². The van der Waals surface area contributed by atoms with Gasteiger partial charge in [-0.1, -0.05) is 42.0 Å². The van der Waals surface area contributed by atoms with Crippen LogP contribution in [0.3, 0.4) is 0 Å². The minimum Gasteiger partial charge on any atom is -0.366 e. The Labute approximate surface area is 194 Å². The van der Waals surface area contributed by atoms with E-state index in [0.29, 0.717) is 6.04 Å². The van der Waals surface area contributed by atoms with Crippen molar-refractivity contribution >= 4 is 22.3 Å². The van der Waals surface area contributed by atoms with Crippen molar-refractivity contribution < 1.29 is 4.39 Å². The number of hydrogen-bond donors (Lipinski definition) is 0. The molecule has 4 heteroatoms. The Kier molecular flexibility index (Phi) is 5.01. The zero-order valence-corrected chi connectivity index (χ0v) is 19.0. The molecule has 3 nitrogen and oxygen atoms in total. The van der Waals surface area contributed by atoms with E-state index in [1.54, 1.807) is 6.07 Å². The largest absolute Gasteiger partial charge is 0.366 e. The highest BCUT2D eigenvalue weighted by atomic mass is 19.1. The molecule has 3 heterocycles. The van der Waals surface area contributed by atoms with Crippen LogP contribution in [-0.2, 0) is 19.5 Å². The molecule has 2 aliphatic rings. The highest BCUT2D eigenvalue weighted by molar-refractivity contribution is 5.80. The first-order chi connectivity index (χ1) is 16.1. The van der Waals surface area contributed by atoms with E-state index in [1.165, 1.54) is 47.0 Å². The summed E-state index contributed by atoms with van der Waals surface area (Å²) in [6.45, 7) is 4.77. The molecular formula is C29H28FN3. The van der Waals surface area contributed by atoms with Crippen LogP contribution >= 0.6 is 0 Å². The van der Waals surface area contributed by atoms with Crippen molar-refractivity contribution in [1.29, 1.82) is 0 Å². The van der Waals surface area contributed by atoms with Gasteiger partial charge in [0.05, 0.1) is 16.9 Å². The van der Waals surface area contributed by atoms with Crippen molar-refractivity contribution in [3.8, 4) is 0 Å². The average molecular weight is 438 g/mol. The molecule has 0 bridgehead atoms. The molecule has 6 rings (SSSR count). The van der Waals surface area contributed by atoms with E-state index in [9.17, 15) is 4.39 Å². The number of benzene rings is 3. The van der Waals surface area contributed by atoms with E-state index in [0.717, 1.165) is 42.7 Å². The van der Waals surface area contributed by atoms with Crippen LogP contribution in [0.2, 0.25) is 0 Å². The highest BCUT2D eigenvalue weighted by Gasteiger charge is 2.31. The zero-order chi connectivity index (χ0) is 22.4. The Morgan fingerprint density at radius 3 is 2.64 bits per heavy atom. The summed E-state index contributed by atoms with van der Waals surface area (Å²) in [7, 11) is 0. The highest BCUT2D eigenvalue weighted by Crippen LogP contribution is 2.39. The number of pyridine rings is 1. The molecule has 3 aromatic carbocycles. The lowest BCUT2D eigenvalue weighted by atomic mass is 10.0. The molecule has 33 heavy (non-hydrogen) atoms. The van der Waals surface area contributed by atoms with Crippen LogP contribution in [0.15, 0.2) is 72.8 Å². The third-order valence-electron chi connectivity index (χ3n) is 7.14. The molecule has 4 aromatic rings. The lowest BCUT2D eigenvalue weighted by Crippen LogP contribution is -2.32. The molecule has 1 unspecified atom stereocenters. The molecule has 166 valence electrons. The van der Waals surface area contributed by atoms with Crippen molar-refractivity contribution in [2.24, 2.45) is 0 Å². The van der Waals surface area contributed by atoms with Gasteiger partial charge in [-0.25, -0.2) is 4.39 Å². The van der Waals surface area contributed by atoms with Gasteiger partial charge in [0.25, 0.3) is 0 Å². The molecule has 0 amide bonds. The number of hydrogen-bond acceptors (Lipinski definition) is 3. The topological polar surface area (TPSA) is 19.4 Å².